The third-order valence-electron chi connectivity index (χ3n) is 5.14. The Morgan fingerprint density at radius 3 is 2.36 bits per heavy atom. The smallest absolute Gasteiger partial charge is 0.267 e. The predicted molar refractivity (Wildman–Crippen MR) is 108 cm³/mol. The fraction of sp³-hybridized carbons (Fsp3) is 0.333. The Labute approximate surface area is 165 Å². The van der Waals surface area contributed by atoms with Gasteiger partial charge in [0, 0.05) is 12.1 Å². The van der Waals surface area contributed by atoms with Crippen LogP contribution >= 0.6 is 0 Å². The highest BCUT2D eigenvalue weighted by molar-refractivity contribution is 7.89. The molecule has 0 radical (unpaired) electrons. The molecule has 0 saturated carbocycles. The Balaban J connectivity index is 1.92. The number of benzene rings is 2. The van der Waals surface area contributed by atoms with Crippen molar-refractivity contribution >= 4 is 27.5 Å². The van der Waals surface area contributed by atoms with E-state index in [4.69, 9.17) is 0 Å². The van der Waals surface area contributed by atoms with E-state index < -0.39 is 27.9 Å². The summed E-state index contributed by atoms with van der Waals surface area (Å²) in [7, 11) is -4.11. The lowest BCUT2D eigenvalue weighted by Crippen LogP contribution is -2.45. The molecule has 1 unspecified atom stereocenters. The molecule has 2 amide bonds. The minimum absolute atomic E-state index is 0.0229. The van der Waals surface area contributed by atoms with Gasteiger partial charge in [-0.05, 0) is 69.0 Å². The molecule has 1 fully saturated rings. The van der Waals surface area contributed by atoms with Gasteiger partial charge in [-0.2, -0.15) is 0 Å². The average Bonchev–Trinajstić information content (AvgIpc) is 3.02. The van der Waals surface area contributed by atoms with E-state index in [0.29, 0.717) is 5.69 Å². The maximum absolute atomic E-state index is 13.1. The number of amides is 2. The highest BCUT2D eigenvalue weighted by atomic mass is 32.2. The summed E-state index contributed by atoms with van der Waals surface area (Å²) in [5.41, 5.74) is 4.31. The van der Waals surface area contributed by atoms with Crippen LogP contribution < -0.4 is 5.32 Å². The molecule has 1 aliphatic heterocycles. The number of carbonyl (C=O) groups excluding carboxylic acids is 2. The summed E-state index contributed by atoms with van der Waals surface area (Å²) in [5.74, 6) is -1.05. The Kier molecular flexibility index (Phi) is 5.30. The largest absolute Gasteiger partial charge is 0.324 e. The van der Waals surface area contributed by atoms with Crippen LogP contribution in [0.2, 0.25) is 0 Å². The van der Waals surface area contributed by atoms with Crippen molar-refractivity contribution in [1.29, 1.82) is 0 Å². The highest BCUT2D eigenvalue weighted by Crippen LogP contribution is 2.29. The van der Waals surface area contributed by atoms with Crippen LogP contribution in [-0.2, 0) is 19.6 Å². The van der Waals surface area contributed by atoms with Gasteiger partial charge in [-0.1, -0.05) is 23.8 Å². The molecule has 28 heavy (non-hydrogen) atoms. The molecule has 1 aliphatic rings. The second-order valence-corrected chi connectivity index (χ2v) is 9.12. The molecule has 1 atom stereocenters. The molecule has 0 bridgehead atoms. The zero-order valence-corrected chi connectivity index (χ0v) is 17.3. The molecule has 3 rings (SSSR count). The van der Waals surface area contributed by atoms with Gasteiger partial charge in [-0.15, -0.1) is 0 Å². The third kappa shape index (κ3) is 3.67. The van der Waals surface area contributed by atoms with E-state index in [-0.39, 0.29) is 17.7 Å². The number of sulfonamides is 1. The monoisotopic (exact) mass is 400 g/mol. The van der Waals surface area contributed by atoms with Crippen LogP contribution in [0.1, 0.15) is 35.1 Å². The molecule has 1 N–H and O–H groups in total. The first-order chi connectivity index (χ1) is 13.1. The third-order valence-corrected chi connectivity index (χ3v) is 6.96. The molecule has 0 aliphatic carbocycles. The molecule has 1 saturated heterocycles. The lowest BCUT2D eigenvalue weighted by molar-refractivity contribution is -0.128. The zero-order valence-electron chi connectivity index (χ0n) is 16.4. The van der Waals surface area contributed by atoms with Gasteiger partial charge < -0.3 is 5.32 Å². The van der Waals surface area contributed by atoms with E-state index in [1.165, 1.54) is 12.1 Å². The molecule has 2 aromatic carbocycles. The van der Waals surface area contributed by atoms with Gasteiger partial charge in [-0.25, -0.2) is 12.7 Å². The first kappa shape index (κ1) is 20.1. The van der Waals surface area contributed by atoms with Crippen molar-refractivity contribution < 1.29 is 18.0 Å². The number of carbonyl (C=O) groups is 2. The molecular formula is C21H24N2O4S. The van der Waals surface area contributed by atoms with E-state index in [9.17, 15) is 18.0 Å². The summed E-state index contributed by atoms with van der Waals surface area (Å²) >= 11 is 0. The van der Waals surface area contributed by atoms with Gasteiger partial charge >= 0.3 is 0 Å². The number of hydrogen-bond acceptors (Lipinski definition) is 4. The van der Waals surface area contributed by atoms with Gasteiger partial charge in [-0.3, -0.25) is 9.59 Å². The van der Waals surface area contributed by atoms with Gasteiger partial charge in [0.2, 0.25) is 11.8 Å². The van der Waals surface area contributed by atoms with Crippen molar-refractivity contribution in [1.82, 2.24) is 4.31 Å². The molecule has 7 heteroatoms. The Hall–Kier alpha value is -2.67. The molecule has 1 heterocycles. The maximum Gasteiger partial charge on any atom is 0.267 e. The Morgan fingerprint density at radius 2 is 1.71 bits per heavy atom. The number of nitrogens with one attached hydrogen (secondary N) is 1. The van der Waals surface area contributed by atoms with Gasteiger partial charge in [0.05, 0.1) is 4.90 Å². The molecule has 0 aromatic heterocycles. The number of aryl methyl sites for hydroxylation is 4. The van der Waals surface area contributed by atoms with Crippen LogP contribution in [0, 0.1) is 27.7 Å². The standard InChI is InChI=1S/C21H24N2O4S/c1-13-5-8-18(16(4)11-13)22-21(25)19-9-10-20(24)23(19)28(26,27)17-7-6-14(2)15(3)12-17/h5-8,11-12,19H,9-10H2,1-4H3,(H,22,25). The number of rotatable bonds is 4. The van der Waals surface area contributed by atoms with E-state index in [2.05, 4.69) is 5.32 Å². The lowest BCUT2D eigenvalue weighted by atomic mass is 10.1. The van der Waals surface area contributed by atoms with Crippen LogP contribution in [0.5, 0.6) is 0 Å². The number of hydrogen-bond donors (Lipinski definition) is 1. The van der Waals surface area contributed by atoms with Crippen molar-refractivity contribution in [2.45, 2.75) is 51.5 Å². The fourth-order valence-corrected chi connectivity index (χ4v) is 5.05. The second-order valence-electron chi connectivity index (χ2n) is 7.30. The maximum atomic E-state index is 13.1. The van der Waals surface area contributed by atoms with E-state index in [1.807, 2.05) is 39.8 Å². The van der Waals surface area contributed by atoms with Gasteiger partial charge in [0.15, 0.2) is 0 Å². The summed E-state index contributed by atoms with van der Waals surface area (Å²) in [5, 5.41) is 2.78. The van der Waals surface area contributed by atoms with Crippen molar-refractivity contribution in [3.63, 3.8) is 0 Å². The average molecular weight is 401 g/mol. The van der Waals surface area contributed by atoms with Crippen molar-refractivity contribution in [2.75, 3.05) is 5.32 Å². The molecular weight excluding hydrogens is 376 g/mol. The Bertz CT molecular complexity index is 1060. The lowest BCUT2D eigenvalue weighted by Gasteiger charge is -2.24. The van der Waals surface area contributed by atoms with Crippen LogP contribution in [-0.4, -0.2) is 30.6 Å². The first-order valence-corrected chi connectivity index (χ1v) is 10.6. The molecule has 148 valence electrons. The predicted octanol–water partition coefficient (Wildman–Crippen LogP) is 3.24. The van der Waals surface area contributed by atoms with E-state index in [0.717, 1.165) is 26.6 Å². The quantitative estimate of drug-likeness (QED) is 0.854. The van der Waals surface area contributed by atoms with E-state index >= 15 is 0 Å². The van der Waals surface area contributed by atoms with Crippen LogP contribution in [0.3, 0.4) is 0 Å². The molecule has 6 nitrogen and oxygen atoms in total. The minimum atomic E-state index is -4.11. The van der Waals surface area contributed by atoms with Gasteiger partial charge in [0.1, 0.15) is 6.04 Å². The topological polar surface area (TPSA) is 83.6 Å². The summed E-state index contributed by atoms with van der Waals surface area (Å²) in [6, 6.07) is 9.23. The van der Waals surface area contributed by atoms with Crippen LogP contribution in [0.4, 0.5) is 5.69 Å². The van der Waals surface area contributed by atoms with Gasteiger partial charge in [0.25, 0.3) is 10.0 Å². The highest BCUT2D eigenvalue weighted by Gasteiger charge is 2.44. The van der Waals surface area contributed by atoms with Crippen molar-refractivity contribution in [3.8, 4) is 0 Å². The fourth-order valence-electron chi connectivity index (χ4n) is 3.36. The summed E-state index contributed by atoms with van der Waals surface area (Å²) in [4.78, 5) is 25.3. The van der Waals surface area contributed by atoms with Crippen molar-refractivity contribution in [3.05, 3.63) is 58.7 Å². The van der Waals surface area contributed by atoms with E-state index in [1.54, 1.807) is 12.1 Å². The number of nitrogens with zero attached hydrogens (tertiary/aromatic N) is 1. The first-order valence-electron chi connectivity index (χ1n) is 9.14. The zero-order chi connectivity index (χ0) is 20.6. The SMILES string of the molecule is Cc1ccc(NC(=O)C2CCC(=O)N2S(=O)(=O)c2ccc(C)c(C)c2)c(C)c1. The summed E-state index contributed by atoms with van der Waals surface area (Å²) in [6.07, 6.45) is 0.189. The second kappa shape index (κ2) is 7.39. The number of anilines is 1. The van der Waals surface area contributed by atoms with Crippen LogP contribution in [0.15, 0.2) is 41.3 Å². The molecule has 0 spiro atoms. The van der Waals surface area contributed by atoms with Crippen LogP contribution in [0.25, 0.3) is 0 Å². The summed E-state index contributed by atoms with van der Waals surface area (Å²) in [6.45, 7) is 7.51. The minimum Gasteiger partial charge on any atom is -0.324 e. The normalized spacial score (nSPS) is 17.1. The Morgan fingerprint density at radius 1 is 1.00 bits per heavy atom. The molecule has 2 aromatic rings. The van der Waals surface area contributed by atoms with Crippen molar-refractivity contribution in [2.24, 2.45) is 0 Å². The summed E-state index contributed by atoms with van der Waals surface area (Å²) < 4.78 is 27.0.